The Morgan fingerprint density at radius 3 is 2.60 bits per heavy atom. The zero-order valence-corrected chi connectivity index (χ0v) is 13.6. The van der Waals surface area contributed by atoms with E-state index in [1.807, 2.05) is 0 Å². The molecule has 0 radical (unpaired) electrons. The van der Waals surface area contributed by atoms with Gasteiger partial charge in [0.1, 0.15) is 0 Å². The second-order valence-corrected chi connectivity index (χ2v) is 8.37. The Labute approximate surface area is 124 Å². The summed E-state index contributed by atoms with van der Waals surface area (Å²) in [4.78, 5) is 2.85. The number of hydrogen-bond donors (Lipinski definition) is 1. The van der Waals surface area contributed by atoms with Crippen molar-refractivity contribution in [3.63, 3.8) is 0 Å². The Morgan fingerprint density at radius 1 is 1.25 bits per heavy atom. The zero-order chi connectivity index (χ0) is 14.2. The normalized spacial score (nSPS) is 35.0. The van der Waals surface area contributed by atoms with Crippen molar-refractivity contribution in [3.8, 4) is 0 Å². The van der Waals surface area contributed by atoms with Crippen LogP contribution in [0.1, 0.15) is 52.9 Å². The van der Waals surface area contributed by atoms with Crippen molar-refractivity contribution < 1.29 is 4.74 Å². The van der Waals surface area contributed by atoms with E-state index >= 15 is 0 Å². The zero-order valence-electron chi connectivity index (χ0n) is 13.6. The number of piperazine rings is 1. The van der Waals surface area contributed by atoms with E-state index in [9.17, 15) is 0 Å². The number of ether oxygens (including phenoxy) is 1. The Hall–Kier alpha value is -0.120. The van der Waals surface area contributed by atoms with E-state index in [0.717, 1.165) is 19.1 Å². The molecule has 3 aliphatic rings. The molecule has 0 aromatic carbocycles. The van der Waals surface area contributed by atoms with Crippen LogP contribution in [0, 0.1) is 11.3 Å². The lowest BCUT2D eigenvalue weighted by atomic mass is 9.81. The predicted molar refractivity (Wildman–Crippen MR) is 82.9 cm³/mol. The van der Waals surface area contributed by atoms with Crippen LogP contribution < -0.4 is 5.32 Å². The Balaban J connectivity index is 1.71. The third kappa shape index (κ3) is 2.90. The maximum absolute atomic E-state index is 5.60. The van der Waals surface area contributed by atoms with Crippen molar-refractivity contribution in [2.24, 2.45) is 11.3 Å². The SMILES string of the molecule is CC(C)(C)C1CN(CC2CCOC2)C2(CCCC2)CN1. The Kier molecular flexibility index (Phi) is 4.13. The quantitative estimate of drug-likeness (QED) is 0.841. The molecule has 2 saturated heterocycles. The molecule has 116 valence electrons. The van der Waals surface area contributed by atoms with Crippen LogP contribution in [0.3, 0.4) is 0 Å². The molecule has 3 nitrogen and oxygen atoms in total. The van der Waals surface area contributed by atoms with Gasteiger partial charge in [-0.3, -0.25) is 4.90 Å². The topological polar surface area (TPSA) is 24.5 Å². The van der Waals surface area contributed by atoms with Crippen molar-refractivity contribution in [3.05, 3.63) is 0 Å². The highest BCUT2D eigenvalue weighted by atomic mass is 16.5. The smallest absolute Gasteiger partial charge is 0.0507 e. The lowest BCUT2D eigenvalue weighted by Crippen LogP contribution is -2.66. The summed E-state index contributed by atoms with van der Waals surface area (Å²) in [6.07, 6.45) is 6.88. The number of hydrogen-bond acceptors (Lipinski definition) is 3. The predicted octanol–water partition coefficient (Wildman–Crippen LogP) is 2.66. The van der Waals surface area contributed by atoms with Crippen LogP contribution in [0.25, 0.3) is 0 Å². The molecule has 3 rings (SSSR count). The van der Waals surface area contributed by atoms with Crippen LogP contribution in [0.2, 0.25) is 0 Å². The van der Waals surface area contributed by atoms with Gasteiger partial charge in [0.2, 0.25) is 0 Å². The molecule has 1 saturated carbocycles. The van der Waals surface area contributed by atoms with Gasteiger partial charge >= 0.3 is 0 Å². The highest BCUT2D eigenvalue weighted by Gasteiger charge is 2.46. The third-order valence-electron chi connectivity index (χ3n) is 5.83. The first-order valence-electron chi connectivity index (χ1n) is 8.56. The molecular weight excluding hydrogens is 248 g/mol. The van der Waals surface area contributed by atoms with Crippen LogP contribution in [-0.4, -0.2) is 49.3 Å². The summed E-state index contributed by atoms with van der Waals surface area (Å²) < 4.78 is 5.60. The first kappa shape index (κ1) is 14.8. The molecule has 1 spiro atoms. The van der Waals surface area contributed by atoms with Crippen LogP contribution in [0.5, 0.6) is 0 Å². The van der Waals surface area contributed by atoms with Crippen molar-refractivity contribution in [1.82, 2.24) is 10.2 Å². The van der Waals surface area contributed by atoms with Gasteiger partial charge in [-0.2, -0.15) is 0 Å². The van der Waals surface area contributed by atoms with E-state index in [1.54, 1.807) is 0 Å². The average molecular weight is 280 g/mol. The second-order valence-electron chi connectivity index (χ2n) is 8.37. The standard InChI is InChI=1S/C17H32N2O/c1-16(2,3)15-11-19(10-14-6-9-20-12-14)17(13-18-15)7-4-5-8-17/h14-15,18H,4-13H2,1-3H3. The van der Waals surface area contributed by atoms with Crippen molar-refractivity contribution >= 4 is 0 Å². The summed E-state index contributed by atoms with van der Waals surface area (Å²) in [7, 11) is 0. The van der Waals surface area contributed by atoms with Gasteiger partial charge in [-0.25, -0.2) is 0 Å². The van der Waals surface area contributed by atoms with Gasteiger partial charge in [-0.15, -0.1) is 0 Å². The molecule has 2 atom stereocenters. The second kappa shape index (κ2) is 5.58. The van der Waals surface area contributed by atoms with E-state index in [1.165, 1.54) is 51.7 Å². The molecule has 0 aromatic heterocycles. The van der Waals surface area contributed by atoms with Gasteiger partial charge < -0.3 is 10.1 Å². The van der Waals surface area contributed by atoms with Gasteiger partial charge in [0.25, 0.3) is 0 Å². The maximum Gasteiger partial charge on any atom is 0.0507 e. The van der Waals surface area contributed by atoms with Gasteiger partial charge in [-0.1, -0.05) is 33.6 Å². The first-order valence-corrected chi connectivity index (χ1v) is 8.56. The van der Waals surface area contributed by atoms with Crippen LogP contribution in [-0.2, 0) is 4.74 Å². The third-order valence-corrected chi connectivity index (χ3v) is 5.83. The minimum absolute atomic E-state index is 0.352. The molecule has 0 amide bonds. The molecule has 3 fully saturated rings. The molecule has 2 heterocycles. The first-order chi connectivity index (χ1) is 9.50. The average Bonchev–Trinajstić information content (AvgIpc) is 3.02. The van der Waals surface area contributed by atoms with Gasteiger partial charge in [0, 0.05) is 37.8 Å². The molecule has 20 heavy (non-hydrogen) atoms. The number of nitrogens with zero attached hydrogens (tertiary/aromatic N) is 1. The number of rotatable bonds is 2. The fourth-order valence-corrected chi connectivity index (χ4v) is 4.32. The Morgan fingerprint density at radius 2 is 2.00 bits per heavy atom. The molecule has 3 heteroatoms. The summed E-state index contributed by atoms with van der Waals surface area (Å²) in [5.41, 5.74) is 0.814. The number of nitrogens with one attached hydrogen (secondary N) is 1. The van der Waals surface area contributed by atoms with Crippen molar-refractivity contribution in [1.29, 1.82) is 0 Å². The minimum atomic E-state index is 0.352. The van der Waals surface area contributed by atoms with Crippen molar-refractivity contribution in [2.75, 3.05) is 32.8 Å². The fraction of sp³-hybridized carbons (Fsp3) is 1.00. The fourth-order valence-electron chi connectivity index (χ4n) is 4.32. The summed E-state index contributed by atoms with van der Waals surface area (Å²) in [6.45, 7) is 12.7. The van der Waals surface area contributed by atoms with Gasteiger partial charge in [-0.05, 0) is 30.6 Å². The summed E-state index contributed by atoms with van der Waals surface area (Å²) in [5, 5.41) is 3.87. The van der Waals surface area contributed by atoms with Crippen LogP contribution >= 0.6 is 0 Å². The summed E-state index contributed by atoms with van der Waals surface area (Å²) >= 11 is 0. The molecule has 1 aliphatic carbocycles. The largest absolute Gasteiger partial charge is 0.381 e. The molecule has 0 bridgehead atoms. The van der Waals surface area contributed by atoms with Gasteiger partial charge in [0.15, 0.2) is 0 Å². The lowest BCUT2D eigenvalue weighted by molar-refractivity contribution is 0.00490. The maximum atomic E-state index is 5.60. The molecule has 2 aliphatic heterocycles. The van der Waals surface area contributed by atoms with Crippen LogP contribution in [0.15, 0.2) is 0 Å². The monoisotopic (exact) mass is 280 g/mol. The molecule has 0 aromatic rings. The Bertz CT molecular complexity index is 324. The molecule has 1 N–H and O–H groups in total. The van der Waals surface area contributed by atoms with Gasteiger partial charge in [0.05, 0.1) is 6.61 Å². The molecule has 2 unspecified atom stereocenters. The summed E-state index contributed by atoms with van der Waals surface area (Å²) in [5.74, 6) is 0.770. The van der Waals surface area contributed by atoms with E-state index in [-0.39, 0.29) is 0 Å². The van der Waals surface area contributed by atoms with Crippen LogP contribution in [0.4, 0.5) is 0 Å². The minimum Gasteiger partial charge on any atom is -0.381 e. The van der Waals surface area contributed by atoms with E-state index in [0.29, 0.717) is 17.0 Å². The van der Waals surface area contributed by atoms with E-state index in [2.05, 4.69) is 31.0 Å². The highest BCUT2D eigenvalue weighted by Crippen LogP contribution is 2.39. The van der Waals surface area contributed by atoms with Crippen molar-refractivity contribution in [2.45, 2.75) is 64.5 Å². The highest BCUT2D eigenvalue weighted by molar-refractivity contribution is 5.04. The lowest BCUT2D eigenvalue weighted by Gasteiger charge is -2.52. The molecular formula is C17H32N2O. The van der Waals surface area contributed by atoms with E-state index < -0.39 is 0 Å². The summed E-state index contributed by atoms with van der Waals surface area (Å²) in [6, 6.07) is 0.621. The van der Waals surface area contributed by atoms with E-state index in [4.69, 9.17) is 4.74 Å².